The number of nitrogens with one attached hydrogen (secondary N) is 1. The Morgan fingerprint density at radius 3 is 2.23 bits per heavy atom. The Hall–Kier alpha value is -3.33. The third-order valence-corrected chi connectivity index (χ3v) is 6.24. The molecule has 0 aliphatic carbocycles. The van der Waals surface area contributed by atoms with Gasteiger partial charge in [0.2, 0.25) is 0 Å². The van der Waals surface area contributed by atoms with E-state index in [2.05, 4.69) is 4.72 Å². The number of aryl methyl sites for hydroxylation is 2. The normalized spacial score (nSPS) is 11.4. The predicted molar refractivity (Wildman–Crippen MR) is 109 cm³/mol. The van der Waals surface area contributed by atoms with E-state index in [1.165, 1.54) is 18.2 Å². The molecule has 2 N–H and O–H groups in total. The minimum absolute atomic E-state index is 0.184. The van der Waals surface area contributed by atoms with Crippen molar-refractivity contribution in [3.63, 3.8) is 0 Å². The van der Waals surface area contributed by atoms with E-state index in [0.717, 1.165) is 18.1 Å². The van der Waals surface area contributed by atoms with Crippen molar-refractivity contribution in [3.8, 4) is 0 Å². The highest BCUT2D eigenvalue weighted by Gasteiger charge is 2.24. The van der Waals surface area contributed by atoms with Gasteiger partial charge in [0.1, 0.15) is 0 Å². The molecule has 0 saturated heterocycles. The van der Waals surface area contributed by atoms with E-state index in [9.17, 15) is 26.4 Å². The number of carboxylic acid groups (broad SMARTS) is 1. The fourth-order valence-electron chi connectivity index (χ4n) is 3.05. The summed E-state index contributed by atoms with van der Waals surface area (Å²) in [6.45, 7) is 1.05. The number of hydrogen-bond donors (Lipinski definition) is 2. The molecule has 0 amide bonds. The number of halogens is 3. The van der Waals surface area contributed by atoms with Gasteiger partial charge in [0, 0.05) is 11.3 Å². The summed E-state index contributed by atoms with van der Waals surface area (Å²) in [6.07, 6.45) is 1.13. The van der Waals surface area contributed by atoms with Crippen LogP contribution in [0, 0.1) is 24.4 Å². The van der Waals surface area contributed by atoms with Gasteiger partial charge in [-0.3, -0.25) is 4.72 Å². The molecule has 5 nitrogen and oxygen atoms in total. The molecule has 9 heteroatoms. The van der Waals surface area contributed by atoms with E-state index in [1.54, 1.807) is 30.3 Å². The van der Waals surface area contributed by atoms with Gasteiger partial charge in [-0.2, -0.15) is 0 Å². The van der Waals surface area contributed by atoms with Crippen LogP contribution in [0.25, 0.3) is 0 Å². The summed E-state index contributed by atoms with van der Waals surface area (Å²) in [6, 6.07) is 13.3. The quantitative estimate of drug-likeness (QED) is 0.513. The summed E-state index contributed by atoms with van der Waals surface area (Å²) in [4.78, 5) is 10.2. The van der Waals surface area contributed by atoms with E-state index in [-0.39, 0.29) is 11.3 Å². The number of hydrogen-bond acceptors (Lipinski definition) is 3. The molecule has 3 aromatic carbocycles. The van der Waals surface area contributed by atoms with Crippen LogP contribution in [0.15, 0.2) is 59.5 Å². The predicted octanol–water partition coefficient (Wildman–Crippen LogP) is 4.70. The summed E-state index contributed by atoms with van der Waals surface area (Å²) >= 11 is 0. The van der Waals surface area contributed by atoms with Gasteiger partial charge < -0.3 is 5.11 Å². The average Bonchev–Trinajstić information content (AvgIpc) is 2.73. The van der Waals surface area contributed by atoms with Crippen LogP contribution in [0.4, 0.5) is 18.9 Å². The lowest BCUT2D eigenvalue weighted by atomic mass is 10.0. The molecule has 0 aromatic heterocycles. The first-order valence-corrected chi connectivity index (χ1v) is 10.6. The minimum atomic E-state index is -4.35. The second-order valence-corrected chi connectivity index (χ2v) is 8.57. The first-order chi connectivity index (χ1) is 14.6. The zero-order valence-corrected chi connectivity index (χ0v) is 17.1. The van der Waals surface area contributed by atoms with Crippen LogP contribution in [0.2, 0.25) is 0 Å². The maximum absolute atomic E-state index is 13.8. The molecular formula is C22H18F3NO4S. The summed E-state index contributed by atoms with van der Waals surface area (Å²) in [5.41, 5.74) is 1.54. The van der Waals surface area contributed by atoms with E-state index in [4.69, 9.17) is 5.11 Å². The second-order valence-electron chi connectivity index (χ2n) is 6.92. The smallest absolute Gasteiger partial charge is 0.335 e. The summed E-state index contributed by atoms with van der Waals surface area (Å²) < 4.78 is 68.1. The third kappa shape index (κ3) is 5.05. The molecular weight excluding hydrogens is 431 g/mol. The van der Waals surface area contributed by atoms with Gasteiger partial charge >= 0.3 is 5.97 Å². The van der Waals surface area contributed by atoms with E-state index in [0.29, 0.717) is 18.9 Å². The first-order valence-electron chi connectivity index (χ1n) is 9.16. The Kier molecular flexibility index (Phi) is 6.35. The monoisotopic (exact) mass is 449 g/mol. The number of carbonyl (C=O) groups is 1. The van der Waals surface area contributed by atoms with Crippen molar-refractivity contribution in [2.75, 3.05) is 4.72 Å². The molecule has 0 heterocycles. The Labute approximate surface area is 177 Å². The number of rotatable bonds is 7. The van der Waals surface area contributed by atoms with Gasteiger partial charge in [-0.05, 0) is 61.2 Å². The van der Waals surface area contributed by atoms with Crippen molar-refractivity contribution >= 4 is 21.7 Å². The molecule has 0 saturated carbocycles. The zero-order valence-electron chi connectivity index (χ0n) is 16.3. The molecule has 0 bridgehead atoms. The van der Waals surface area contributed by atoms with Crippen LogP contribution in [0.5, 0.6) is 0 Å². The largest absolute Gasteiger partial charge is 0.478 e. The molecule has 0 aliphatic rings. The average molecular weight is 449 g/mol. The van der Waals surface area contributed by atoms with Gasteiger partial charge in [0.15, 0.2) is 17.5 Å². The molecule has 0 unspecified atom stereocenters. The fraction of sp³-hybridized carbons (Fsp3) is 0.136. The molecule has 0 aliphatic heterocycles. The second kappa shape index (κ2) is 8.81. The molecule has 3 rings (SSSR count). The van der Waals surface area contributed by atoms with E-state index in [1.807, 2.05) is 0 Å². The maximum atomic E-state index is 13.8. The van der Waals surface area contributed by atoms with Crippen molar-refractivity contribution in [1.29, 1.82) is 0 Å². The fourth-order valence-corrected chi connectivity index (χ4v) is 4.35. The van der Waals surface area contributed by atoms with E-state index >= 15 is 0 Å². The number of anilines is 1. The number of sulfonamides is 1. The highest BCUT2D eigenvalue weighted by molar-refractivity contribution is 7.92. The van der Waals surface area contributed by atoms with Gasteiger partial charge in [-0.15, -0.1) is 0 Å². The van der Waals surface area contributed by atoms with Crippen LogP contribution >= 0.6 is 0 Å². The highest BCUT2D eigenvalue weighted by Crippen LogP contribution is 2.25. The molecule has 0 radical (unpaired) electrons. The Morgan fingerprint density at radius 1 is 0.935 bits per heavy atom. The van der Waals surface area contributed by atoms with Crippen molar-refractivity contribution in [2.45, 2.75) is 24.7 Å². The molecule has 0 spiro atoms. The third-order valence-electron chi connectivity index (χ3n) is 4.73. The Morgan fingerprint density at radius 2 is 1.58 bits per heavy atom. The lowest BCUT2D eigenvalue weighted by molar-refractivity contribution is 0.0697. The highest BCUT2D eigenvalue weighted by atomic mass is 32.2. The molecule has 162 valence electrons. The van der Waals surface area contributed by atoms with Crippen molar-refractivity contribution < 1.29 is 31.5 Å². The SMILES string of the molecule is Cc1c(S(=O)(=O)Nc2cccc(CCc3ccc(C(=O)O)cc3)c2)cc(F)c(F)c1F. The van der Waals surface area contributed by atoms with Gasteiger partial charge in [0.25, 0.3) is 10.0 Å². The topological polar surface area (TPSA) is 83.5 Å². The van der Waals surface area contributed by atoms with Crippen molar-refractivity contribution in [2.24, 2.45) is 0 Å². The molecule has 31 heavy (non-hydrogen) atoms. The number of aromatic carboxylic acids is 1. The lowest BCUT2D eigenvalue weighted by Gasteiger charge is -2.13. The first kappa shape index (κ1) is 22.4. The summed E-state index contributed by atoms with van der Waals surface area (Å²) in [5, 5.41) is 8.93. The van der Waals surface area contributed by atoms with Gasteiger partial charge in [-0.1, -0.05) is 24.3 Å². The molecule has 0 atom stereocenters. The Bertz CT molecular complexity index is 1240. The van der Waals surface area contributed by atoms with Crippen LogP contribution < -0.4 is 4.72 Å². The number of benzene rings is 3. The summed E-state index contributed by atoms with van der Waals surface area (Å²) in [5.74, 6) is -5.88. The van der Waals surface area contributed by atoms with Crippen LogP contribution in [-0.2, 0) is 22.9 Å². The van der Waals surface area contributed by atoms with Crippen LogP contribution in [0.3, 0.4) is 0 Å². The summed E-state index contributed by atoms with van der Waals surface area (Å²) in [7, 11) is -4.35. The zero-order chi connectivity index (χ0) is 22.8. The van der Waals surface area contributed by atoms with Crippen molar-refractivity contribution in [3.05, 3.63) is 94.3 Å². The van der Waals surface area contributed by atoms with Crippen molar-refractivity contribution in [1.82, 2.24) is 0 Å². The van der Waals surface area contributed by atoms with Gasteiger partial charge in [-0.25, -0.2) is 26.4 Å². The Balaban J connectivity index is 1.76. The minimum Gasteiger partial charge on any atom is -0.478 e. The molecule has 0 fully saturated rings. The number of carboxylic acids is 1. The van der Waals surface area contributed by atoms with Crippen LogP contribution in [-0.4, -0.2) is 19.5 Å². The standard InChI is InChI=1S/C22H18F3NO4S/c1-13-19(12-18(23)21(25)20(13)24)31(29,30)26-17-4-2-3-15(11-17)6-5-14-7-9-16(10-8-14)22(27)28/h2-4,7-12,26H,5-6H2,1H3,(H,27,28). The lowest BCUT2D eigenvalue weighted by Crippen LogP contribution is -2.16. The van der Waals surface area contributed by atoms with E-state index < -0.39 is 43.9 Å². The van der Waals surface area contributed by atoms with Gasteiger partial charge in [0.05, 0.1) is 10.5 Å². The maximum Gasteiger partial charge on any atom is 0.335 e. The van der Waals surface area contributed by atoms with Crippen LogP contribution in [0.1, 0.15) is 27.0 Å². The molecule has 3 aromatic rings.